The van der Waals surface area contributed by atoms with Crippen LogP contribution in [0.4, 0.5) is 4.79 Å². The molecule has 0 saturated heterocycles. The first-order chi connectivity index (χ1) is 9.48. The molecule has 1 aromatic carbocycles. The molecule has 5 heteroatoms. The van der Waals surface area contributed by atoms with E-state index in [9.17, 15) is 13.2 Å². The number of sulfone groups is 1. The van der Waals surface area contributed by atoms with Crippen LogP contribution in [0.1, 0.15) is 45.1 Å². The molecule has 0 fully saturated rings. The first kappa shape index (κ1) is 16.7. The topological polar surface area (TPSA) is 60.4 Å². The summed E-state index contributed by atoms with van der Waals surface area (Å²) < 4.78 is 28.8. The van der Waals surface area contributed by atoms with Crippen molar-refractivity contribution in [1.29, 1.82) is 0 Å². The molecule has 0 amide bonds. The molecule has 20 heavy (non-hydrogen) atoms. The van der Waals surface area contributed by atoms with Crippen molar-refractivity contribution in [3.63, 3.8) is 0 Å². The van der Waals surface area contributed by atoms with Crippen LogP contribution in [0.25, 0.3) is 0 Å². The molecule has 1 rings (SSSR count). The SMILES string of the molecule is CCCCCC(C)S(=O)(=O)C(=O)OCc1ccccc1. The molecule has 4 nitrogen and oxygen atoms in total. The Morgan fingerprint density at radius 1 is 1.20 bits per heavy atom. The number of carbonyl (C=O) groups is 1. The lowest BCUT2D eigenvalue weighted by Gasteiger charge is -2.11. The summed E-state index contributed by atoms with van der Waals surface area (Å²) in [4.78, 5) is 11.7. The summed E-state index contributed by atoms with van der Waals surface area (Å²) in [7, 11) is -3.85. The third-order valence-corrected chi connectivity index (χ3v) is 5.05. The molecule has 0 aliphatic carbocycles. The minimum absolute atomic E-state index is 0.0133. The number of hydrogen-bond donors (Lipinski definition) is 0. The van der Waals surface area contributed by atoms with Gasteiger partial charge in [0.15, 0.2) is 0 Å². The molecule has 0 spiro atoms. The fourth-order valence-electron chi connectivity index (χ4n) is 1.80. The van der Waals surface area contributed by atoms with Gasteiger partial charge in [-0.05, 0) is 18.9 Å². The van der Waals surface area contributed by atoms with Crippen LogP contribution >= 0.6 is 0 Å². The van der Waals surface area contributed by atoms with Crippen LogP contribution in [0.3, 0.4) is 0 Å². The Morgan fingerprint density at radius 3 is 2.45 bits per heavy atom. The van der Waals surface area contributed by atoms with Crippen LogP contribution in [-0.2, 0) is 21.2 Å². The van der Waals surface area contributed by atoms with Crippen molar-refractivity contribution in [1.82, 2.24) is 0 Å². The number of benzene rings is 1. The van der Waals surface area contributed by atoms with Crippen molar-refractivity contribution in [3.8, 4) is 0 Å². The van der Waals surface area contributed by atoms with Gasteiger partial charge in [-0.3, -0.25) is 0 Å². The van der Waals surface area contributed by atoms with E-state index in [2.05, 4.69) is 0 Å². The van der Waals surface area contributed by atoms with E-state index in [0.29, 0.717) is 6.42 Å². The van der Waals surface area contributed by atoms with Crippen LogP contribution in [0.5, 0.6) is 0 Å². The van der Waals surface area contributed by atoms with Crippen LogP contribution in [0.15, 0.2) is 30.3 Å². The highest BCUT2D eigenvalue weighted by molar-refractivity contribution is 8.06. The van der Waals surface area contributed by atoms with Gasteiger partial charge in [0.25, 0.3) is 9.84 Å². The fourth-order valence-corrected chi connectivity index (χ4v) is 2.83. The second-order valence-electron chi connectivity index (χ2n) is 4.88. The first-order valence-electron chi connectivity index (χ1n) is 6.93. The molecule has 1 aromatic rings. The maximum Gasteiger partial charge on any atom is 0.425 e. The molecule has 0 bridgehead atoms. The van der Waals surface area contributed by atoms with Crippen LogP contribution < -0.4 is 0 Å². The zero-order valence-corrected chi connectivity index (χ0v) is 12.9. The smallest absolute Gasteiger partial charge is 0.425 e. The minimum Gasteiger partial charge on any atom is -0.449 e. The highest BCUT2D eigenvalue weighted by Crippen LogP contribution is 2.14. The quantitative estimate of drug-likeness (QED) is 0.569. The van der Waals surface area contributed by atoms with Gasteiger partial charge in [0, 0.05) is 0 Å². The standard InChI is InChI=1S/C15H22O4S/c1-3-4-6-9-13(2)20(17,18)15(16)19-12-14-10-7-5-8-11-14/h5,7-8,10-11,13H,3-4,6,9,12H2,1-2H3. The van der Waals surface area contributed by atoms with E-state index in [1.807, 2.05) is 25.1 Å². The zero-order valence-electron chi connectivity index (χ0n) is 12.0. The van der Waals surface area contributed by atoms with E-state index < -0.39 is 20.4 Å². The highest BCUT2D eigenvalue weighted by atomic mass is 32.2. The summed E-state index contributed by atoms with van der Waals surface area (Å²) >= 11 is 0. The summed E-state index contributed by atoms with van der Waals surface area (Å²) in [6.45, 7) is 3.60. The van der Waals surface area contributed by atoms with Gasteiger partial charge in [-0.2, -0.15) is 0 Å². The largest absolute Gasteiger partial charge is 0.449 e. The maximum absolute atomic E-state index is 12.0. The van der Waals surface area contributed by atoms with Gasteiger partial charge in [-0.1, -0.05) is 56.5 Å². The van der Waals surface area contributed by atoms with Gasteiger partial charge in [-0.15, -0.1) is 0 Å². The van der Waals surface area contributed by atoms with Gasteiger partial charge in [0.05, 0.1) is 5.25 Å². The molecular formula is C15H22O4S. The molecular weight excluding hydrogens is 276 g/mol. The van der Waals surface area contributed by atoms with E-state index in [1.54, 1.807) is 19.1 Å². The predicted molar refractivity (Wildman–Crippen MR) is 79.2 cm³/mol. The molecule has 0 aliphatic rings. The lowest BCUT2D eigenvalue weighted by Crippen LogP contribution is -2.27. The van der Waals surface area contributed by atoms with Crippen LogP contribution in [0, 0.1) is 0 Å². The van der Waals surface area contributed by atoms with Gasteiger partial charge < -0.3 is 4.74 Å². The van der Waals surface area contributed by atoms with E-state index in [-0.39, 0.29) is 6.61 Å². The number of carbonyl (C=O) groups excluding carboxylic acids is 1. The van der Waals surface area contributed by atoms with Crippen molar-refractivity contribution >= 4 is 15.1 Å². The van der Waals surface area contributed by atoms with Crippen LogP contribution in [-0.4, -0.2) is 19.0 Å². The second kappa shape index (κ2) is 8.04. The molecule has 0 heterocycles. The average molecular weight is 298 g/mol. The van der Waals surface area contributed by atoms with Gasteiger partial charge in [0.2, 0.25) is 0 Å². The first-order valence-corrected chi connectivity index (χ1v) is 8.47. The summed E-state index contributed by atoms with van der Waals surface area (Å²) in [5.74, 6) is 0. The second-order valence-corrected chi connectivity index (χ2v) is 7.10. The Hall–Kier alpha value is -1.36. The summed E-state index contributed by atoms with van der Waals surface area (Å²) in [6.07, 6.45) is 3.30. The molecule has 0 aliphatic heterocycles. The van der Waals surface area contributed by atoms with Crippen molar-refractivity contribution in [2.24, 2.45) is 0 Å². The predicted octanol–water partition coefficient (Wildman–Crippen LogP) is 3.71. The minimum atomic E-state index is -3.85. The molecule has 0 aromatic heterocycles. The Kier molecular flexibility index (Phi) is 6.71. The number of rotatable bonds is 7. The molecule has 1 unspecified atom stereocenters. The van der Waals surface area contributed by atoms with Crippen molar-refractivity contribution < 1.29 is 17.9 Å². The zero-order chi connectivity index (χ0) is 15.0. The summed E-state index contributed by atoms with van der Waals surface area (Å²) in [6, 6.07) is 9.03. The Labute approximate surface area is 121 Å². The van der Waals surface area contributed by atoms with Crippen molar-refractivity contribution in [2.45, 2.75) is 51.4 Å². The third-order valence-electron chi connectivity index (χ3n) is 3.18. The van der Waals surface area contributed by atoms with Gasteiger partial charge in [0.1, 0.15) is 6.61 Å². The molecule has 0 saturated carbocycles. The Bertz CT molecular complexity index is 508. The number of ether oxygens (including phenoxy) is 1. The molecule has 0 radical (unpaired) electrons. The Morgan fingerprint density at radius 2 is 1.85 bits per heavy atom. The molecule has 1 atom stereocenters. The normalized spacial score (nSPS) is 12.9. The molecule has 112 valence electrons. The van der Waals surface area contributed by atoms with Crippen molar-refractivity contribution in [2.75, 3.05) is 0 Å². The Balaban J connectivity index is 2.52. The lowest BCUT2D eigenvalue weighted by atomic mass is 10.2. The fraction of sp³-hybridized carbons (Fsp3) is 0.533. The monoisotopic (exact) mass is 298 g/mol. The van der Waals surface area contributed by atoms with E-state index in [4.69, 9.17) is 4.74 Å². The van der Waals surface area contributed by atoms with Crippen LogP contribution in [0.2, 0.25) is 0 Å². The number of unbranched alkanes of at least 4 members (excludes halogenated alkanes) is 2. The maximum atomic E-state index is 12.0. The van der Waals surface area contributed by atoms with E-state index >= 15 is 0 Å². The van der Waals surface area contributed by atoms with E-state index in [1.165, 1.54) is 0 Å². The van der Waals surface area contributed by atoms with Gasteiger partial charge in [-0.25, -0.2) is 13.2 Å². The summed E-state index contributed by atoms with van der Waals surface area (Å²) in [5, 5.41) is -1.80. The molecule has 0 N–H and O–H groups in total. The highest BCUT2D eigenvalue weighted by Gasteiger charge is 2.30. The number of hydrogen-bond acceptors (Lipinski definition) is 4. The van der Waals surface area contributed by atoms with E-state index in [0.717, 1.165) is 24.8 Å². The van der Waals surface area contributed by atoms with Gasteiger partial charge >= 0.3 is 5.30 Å². The lowest BCUT2D eigenvalue weighted by molar-refractivity contribution is 0.165. The average Bonchev–Trinajstić information content (AvgIpc) is 2.45. The third kappa shape index (κ3) is 4.96. The summed E-state index contributed by atoms with van der Waals surface area (Å²) in [5.41, 5.74) is 0.773. The van der Waals surface area contributed by atoms with Crippen molar-refractivity contribution in [3.05, 3.63) is 35.9 Å².